The molecule has 0 spiro atoms. The van der Waals surface area contributed by atoms with Crippen LogP contribution in [0.5, 0.6) is 0 Å². The number of nitrogens with zero attached hydrogens (tertiary/aromatic N) is 2. The summed E-state index contributed by atoms with van der Waals surface area (Å²) < 4.78 is 5.33. The number of nitrogen functional groups attached to an aromatic ring is 1. The summed E-state index contributed by atoms with van der Waals surface area (Å²) in [5.74, 6) is 5.83. The second kappa shape index (κ2) is 5.32. The molecular formula is C12H18N4O2. The van der Waals surface area contributed by atoms with Crippen LogP contribution in [0.2, 0.25) is 0 Å². The number of anilines is 1. The molecule has 0 aromatic carbocycles. The minimum Gasteiger partial charge on any atom is -0.377 e. The number of carbonyl (C=O) groups is 1. The number of ether oxygens (including phenoxy) is 1. The largest absolute Gasteiger partial charge is 0.377 e. The number of carbonyl (C=O) groups excluding carboxylic acids is 1. The van der Waals surface area contributed by atoms with Crippen LogP contribution in [0.1, 0.15) is 23.0 Å². The Morgan fingerprint density at radius 3 is 3.06 bits per heavy atom. The fourth-order valence-corrected chi connectivity index (χ4v) is 2.06. The van der Waals surface area contributed by atoms with Crippen LogP contribution in [0, 0.1) is 6.92 Å². The summed E-state index contributed by atoms with van der Waals surface area (Å²) >= 11 is 0. The van der Waals surface area contributed by atoms with E-state index in [1.54, 1.807) is 12.1 Å². The number of hydrazine groups is 1. The molecule has 0 radical (unpaired) electrons. The number of nitrogens with two attached hydrogens (primary N) is 1. The van der Waals surface area contributed by atoms with Crippen molar-refractivity contribution in [1.29, 1.82) is 0 Å². The first-order chi connectivity index (χ1) is 8.61. The van der Waals surface area contributed by atoms with Gasteiger partial charge in [0.2, 0.25) is 0 Å². The highest BCUT2D eigenvalue weighted by atomic mass is 16.5. The van der Waals surface area contributed by atoms with Gasteiger partial charge in [0.15, 0.2) is 0 Å². The van der Waals surface area contributed by atoms with E-state index in [4.69, 9.17) is 10.6 Å². The minimum atomic E-state index is -0.00667. The van der Waals surface area contributed by atoms with E-state index in [-0.39, 0.29) is 11.9 Å². The predicted octanol–water partition coefficient (Wildman–Crippen LogP) is 0.537. The van der Waals surface area contributed by atoms with Gasteiger partial charge in [0.1, 0.15) is 5.82 Å². The van der Waals surface area contributed by atoms with Gasteiger partial charge in [-0.3, -0.25) is 4.79 Å². The Kier molecular flexibility index (Phi) is 3.78. The van der Waals surface area contributed by atoms with Gasteiger partial charge in [0.25, 0.3) is 5.91 Å². The van der Waals surface area contributed by atoms with Gasteiger partial charge in [-0.2, -0.15) is 0 Å². The fourth-order valence-electron chi connectivity index (χ4n) is 2.06. The van der Waals surface area contributed by atoms with Gasteiger partial charge in [0, 0.05) is 17.8 Å². The van der Waals surface area contributed by atoms with E-state index in [1.165, 1.54) is 0 Å². The van der Waals surface area contributed by atoms with Gasteiger partial charge in [0.05, 0.1) is 19.3 Å². The highest BCUT2D eigenvalue weighted by Gasteiger charge is 2.25. The Morgan fingerprint density at radius 1 is 1.61 bits per heavy atom. The molecule has 1 aliphatic rings. The van der Waals surface area contributed by atoms with Gasteiger partial charge < -0.3 is 15.1 Å². The van der Waals surface area contributed by atoms with Crippen LogP contribution in [0.15, 0.2) is 12.1 Å². The third-order valence-electron chi connectivity index (χ3n) is 2.98. The van der Waals surface area contributed by atoms with Crippen molar-refractivity contribution >= 4 is 11.7 Å². The summed E-state index contributed by atoms with van der Waals surface area (Å²) in [5.41, 5.74) is 3.83. The van der Waals surface area contributed by atoms with E-state index in [0.29, 0.717) is 31.1 Å². The van der Waals surface area contributed by atoms with E-state index in [2.05, 4.69) is 10.4 Å². The zero-order chi connectivity index (χ0) is 13.1. The average Bonchev–Trinajstić information content (AvgIpc) is 2.37. The standard InChI is InChI=1S/C12H18N4O2/c1-8-5-10(6-11(14-8)15-13)12(17)16-3-4-18-7-9(16)2/h5-6,9H,3-4,7,13H2,1-2H3,(H,14,15). The van der Waals surface area contributed by atoms with Crippen molar-refractivity contribution in [3.8, 4) is 0 Å². The smallest absolute Gasteiger partial charge is 0.254 e. The Labute approximate surface area is 106 Å². The van der Waals surface area contributed by atoms with E-state index in [0.717, 1.165) is 5.69 Å². The summed E-state index contributed by atoms with van der Waals surface area (Å²) in [6, 6.07) is 3.53. The number of pyridine rings is 1. The lowest BCUT2D eigenvalue weighted by Gasteiger charge is -2.33. The average molecular weight is 250 g/mol. The van der Waals surface area contributed by atoms with Crippen LogP contribution in [0.3, 0.4) is 0 Å². The van der Waals surface area contributed by atoms with Crippen LogP contribution in [-0.4, -0.2) is 41.6 Å². The van der Waals surface area contributed by atoms with Gasteiger partial charge in [-0.25, -0.2) is 10.8 Å². The normalized spacial score (nSPS) is 19.7. The van der Waals surface area contributed by atoms with Gasteiger partial charge in [-0.15, -0.1) is 0 Å². The summed E-state index contributed by atoms with van der Waals surface area (Å²) in [7, 11) is 0. The van der Waals surface area contributed by atoms with Gasteiger partial charge >= 0.3 is 0 Å². The second-order valence-electron chi connectivity index (χ2n) is 4.45. The summed E-state index contributed by atoms with van der Waals surface area (Å²) in [4.78, 5) is 18.4. The third kappa shape index (κ3) is 2.60. The van der Waals surface area contributed by atoms with Crippen molar-refractivity contribution in [2.45, 2.75) is 19.9 Å². The zero-order valence-corrected chi connectivity index (χ0v) is 10.6. The van der Waals surface area contributed by atoms with Crippen molar-refractivity contribution in [3.05, 3.63) is 23.4 Å². The van der Waals surface area contributed by atoms with E-state index >= 15 is 0 Å². The van der Waals surface area contributed by atoms with Gasteiger partial charge in [-0.05, 0) is 26.0 Å². The molecule has 2 heterocycles. The monoisotopic (exact) mass is 250 g/mol. The minimum absolute atomic E-state index is 0.00667. The molecule has 1 saturated heterocycles. The molecule has 1 aromatic rings. The molecule has 0 saturated carbocycles. The molecule has 1 amide bonds. The molecule has 0 aliphatic carbocycles. The van der Waals surface area contributed by atoms with Crippen LogP contribution in [-0.2, 0) is 4.74 Å². The molecule has 98 valence electrons. The molecule has 18 heavy (non-hydrogen) atoms. The van der Waals surface area contributed by atoms with Gasteiger partial charge in [-0.1, -0.05) is 0 Å². The molecule has 6 nitrogen and oxygen atoms in total. The molecule has 0 bridgehead atoms. The maximum absolute atomic E-state index is 12.4. The molecular weight excluding hydrogens is 232 g/mol. The maximum atomic E-state index is 12.4. The molecule has 2 rings (SSSR count). The Hall–Kier alpha value is -1.66. The quantitative estimate of drug-likeness (QED) is 0.591. The SMILES string of the molecule is Cc1cc(C(=O)N2CCOCC2C)cc(NN)n1. The molecule has 1 fully saturated rings. The number of aryl methyl sites for hydroxylation is 1. The molecule has 1 unspecified atom stereocenters. The number of rotatable bonds is 2. The lowest BCUT2D eigenvalue weighted by Crippen LogP contribution is -2.47. The third-order valence-corrected chi connectivity index (χ3v) is 2.98. The van der Waals surface area contributed by atoms with Crippen molar-refractivity contribution < 1.29 is 9.53 Å². The first kappa shape index (κ1) is 12.8. The molecule has 6 heteroatoms. The highest BCUT2D eigenvalue weighted by molar-refractivity contribution is 5.95. The molecule has 1 aromatic heterocycles. The second-order valence-corrected chi connectivity index (χ2v) is 4.45. The number of hydrogen-bond donors (Lipinski definition) is 2. The highest BCUT2D eigenvalue weighted by Crippen LogP contribution is 2.15. The summed E-state index contributed by atoms with van der Waals surface area (Å²) in [6.07, 6.45) is 0. The Balaban J connectivity index is 2.24. The Morgan fingerprint density at radius 2 is 2.39 bits per heavy atom. The first-order valence-electron chi connectivity index (χ1n) is 5.96. The zero-order valence-electron chi connectivity index (χ0n) is 10.6. The molecule has 1 atom stereocenters. The fraction of sp³-hybridized carbons (Fsp3) is 0.500. The molecule has 1 aliphatic heterocycles. The number of hydrogen-bond acceptors (Lipinski definition) is 5. The van der Waals surface area contributed by atoms with Crippen LogP contribution >= 0.6 is 0 Å². The van der Waals surface area contributed by atoms with Crippen LogP contribution in [0.25, 0.3) is 0 Å². The van der Waals surface area contributed by atoms with E-state index < -0.39 is 0 Å². The topological polar surface area (TPSA) is 80.5 Å². The number of nitrogens with one attached hydrogen (secondary N) is 1. The van der Waals surface area contributed by atoms with Crippen molar-refractivity contribution in [3.63, 3.8) is 0 Å². The van der Waals surface area contributed by atoms with E-state index in [1.807, 2.05) is 18.7 Å². The van der Waals surface area contributed by atoms with Crippen LogP contribution in [0.4, 0.5) is 5.82 Å². The predicted molar refractivity (Wildman–Crippen MR) is 68.1 cm³/mol. The Bertz CT molecular complexity index is 450. The maximum Gasteiger partial charge on any atom is 0.254 e. The molecule has 3 N–H and O–H groups in total. The van der Waals surface area contributed by atoms with Crippen molar-refractivity contribution in [2.24, 2.45) is 5.84 Å². The van der Waals surface area contributed by atoms with Crippen LogP contribution < -0.4 is 11.3 Å². The number of amides is 1. The summed E-state index contributed by atoms with van der Waals surface area (Å²) in [5, 5.41) is 0. The van der Waals surface area contributed by atoms with E-state index in [9.17, 15) is 4.79 Å². The van der Waals surface area contributed by atoms with Crippen molar-refractivity contribution in [2.75, 3.05) is 25.2 Å². The first-order valence-corrected chi connectivity index (χ1v) is 5.96. The number of aromatic nitrogens is 1. The lowest BCUT2D eigenvalue weighted by atomic mass is 10.1. The lowest BCUT2D eigenvalue weighted by molar-refractivity contribution is 0.00359. The van der Waals surface area contributed by atoms with Crippen molar-refractivity contribution in [1.82, 2.24) is 9.88 Å². The summed E-state index contributed by atoms with van der Waals surface area (Å²) in [6.45, 7) is 5.60. The number of morpholine rings is 1.